The molecule has 2 amide bonds. The predicted molar refractivity (Wildman–Crippen MR) is 94.7 cm³/mol. The highest BCUT2D eigenvalue weighted by Crippen LogP contribution is 2.28. The Morgan fingerprint density at radius 3 is 3.04 bits per heavy atom. The zero-order chi connectivity index (χ0) is 17.8. The van der Waals surface area contributed by atoms with E-state index < -0.39 is 12.1 Å². The molecule has 2 aliphatic rings. The van der Waals surface area contributed by atoms with Crippen LogP contribution in [0.3, 0.4) is 0 Å². The van der Waals surface area contributed by atoms with Crippen LogP contribution in [0.1, 0.15) is 38.7 Å². The molecule has 0 spiro atoms. The van der Waals surface area contributed by atoms with Crippen LogP contribution in [0.5, 0.6) is 5.75 Å². The summed E-state index contributed by atoms with van der Waals surface area (Å²) in [6, 6.07) is 5.25. The lowest BCUT2D eigenvalue weighted by Crippen LogP contribution is -2.53. The first-order chi connectivity index (χ1) is 12.1. The SMILES string of the molecule is CCOC(C)C(=O)N1CCCCC1C(=O)Nc1ccc2c(c1)CCO2. The molecule has 1 fully saturated rings. The fourth-order valence-electron chi connectivity index (χ4n) is 3.51. The number of amides is 2. The number of nitrogens with one attached hydrogen (secondary N) is 1. The van der Waals surface area contributed by atoms with Crippen molar-refractivity contribution in [3.8, 4) is 5.75 Å². The van der Waals surface area contributed by atoms with Crippen molar-refractivity contribution in [1.82, 2.24) is 4.90 Å². The fourth-order valence-corrected chi connectivity index (χ4v) is 3.51. The molecule has 2 aliphatic heterocycles. The largest absolute Gasteiger partial charge is 0.493 e. The Balaban J connectivity index is 1.69. The van der Waals surface area contributed by atoms with Gasteiger partial charge in [-0.3, -0.25) is 9.59 Å². The zero-order valence-corrected chi connectivity index (χ0v) is 14.9. The van der Waals surface area contributed by atoms with Crippen molar-refractivity contribution in [2.45, 2.75) is 51.7 Å². The lowest BCUT2D eigenvalue weighted by atomic mass is 10.0. The molecule has 2 unspecified atom stereocenters. The van der Waals surface area contributed by atoms with Crippen molar-refractivity contribution in [2.75, 3.05) is 25.1 Å². The number of ether oxygens (including phenoxy) is 2. The van der Waals surface area contributed by atoms with Crippen LogP contribution in [-0.4, -0.2) is 48.6 Å². The van der Waals surface area contributed by atoms with E-state index in [1.54, 1.807) is 11.8 Å². The first-order valence-corrected chi connectivity index (χ1v) is 9.09. The number of hydrogen-bond acceptors (Lipinski definition) is 4. The van der Waals surface area contributed by atoms with Crippen LogP contribution in [-0.2, 0) is 20.7 Å². The molecule has 0 saturated carbocycles. The second kappa shape index (κ2) is 7.87. The van der Waals surface area contributed by atoms with Gasteiger partial charge in [0.15, 0.2) is 0 Å². The molecule has 1 aromatic rings. The van der Waals surface area contributed by atoms with E-state index in [4.69, 9.17) is 9.47 Å². The minimum atomic E-state index is -0.518. The summed E-state index contributed by atoms with van der Waals surface area (Å²) in [7, 11) is 0. The minimum Gasteiger partial charge on any atom is -0.493 e. The Morgan fingerprint density at radius 2 is 2.24 bits per heavy atom. The van der Waals surface area contributed by atoms with Crippen LogP contribution in [0.15, 0.2) is 18.2 Å². The zero-order valence-electron chi connectivity index (χ0n) is 14.9. The second-order valence-electron chi connectivity index (χ2n) is 6.55. The van der Waals surface area contributed by atoms with E-state index in [-0.39, 0.29) is 11.8 Å². The van der Waals surface area contributed by atoms with E-state index >= 15 is 0 Å². The van der Waals surface area contributed by atoms with Gasteiger partial charge in [-0.1, -0.05) is 0 Å². The molecule has 136 valence electrons. The third-order valence-corrected chi connectivity index (χ3v) is 4.81. The molecule has 0 bridgehead atoms. The number of likely N-dealkylation sites (tertiary alicyclic amines) is 1. The summed E-state index contributed by atoms with van der Waals surface area (Å²) in [5.41, 5.74) is 1.87. The molecule has 3 rings (SSSR count). The number of anilines is 1. The van der Waals surface area contributed by atoms with Gasteiger partial charge in [0.1, 0.15) is 17.9 Å². The number of rotatable bonds is 5. The van der Waals surface area contributed by atoms with Gasteiger partial charge in [0, 0.05) is 25.3 Å². The van der Waals surface area contributed by atoms with Gasteiger partial charge >= 0.3 is 0 Å². The highest BCUT2D eigenvalue weighted by molar-refractivity contribution is 5.98. The molecule has 0 aliphatic carbocycles. The summed E-state index contributed by atoms with van der Waals surface area (Å²) >= 11 is 0. The van der Waals surface area contributed by atoms with Gasteiger partial charge in [-0.05, 0) is 56.9 Å². The van der Waals surface area contributed by atoms with E-state index in [1.807, 2.05) is 25.1 Å². The average molecular weight is 346 g/mol. The van der Waals surface area contributed by atoms with Crippen molar-refractivity contribution in [3.05, 3.63) is 23.8 Å². The van der Waals surface area contributed by atoms with Gasteiger partial charge in [0.2, 0.25) is 5.91 Å². The van der Waals surface area contributed by atoms with Crippen molar-refractivity contribution in [1.29, 1.82) is 0 Å². The van der Waals surface area contributed by atoms with Gasteiger partial charge in [-0.25, -0.2) is 0 Å². The molecule has 25 heavy (non-hydrogen) atoms. The van der Waals surface area contributed by atoms with Gasteiger partial charge < -0.3 is 19.7 Å². The summed E-state index contributed by atoms with van der Waals surface area (Å²) in [6.45, 7) is 5.38. The number of carbonyl (C=O) groups excluding carboxylic acids is 2. The van der Waals surface area contributed by atoms with Crippen LogP contribution in [0.4, 0.5) is 5.69 Å². The Kier molecular flexibility index (Phi) is 5.58. The lowest BCUT2D eigenvalue weighted by molar-refractivity contribution is -0.149. The van der Waals surface area contributed by atoms with Crippen molar-refractivity contribution < 1.29 is 19.1 Å². The van der Waals surface area contributed by atoms with Gasteiger partial charge in [-0.2, -0.15) is 0 Å². The second-order valence-corrected chi connectivity index (χ2v) is 6.55. The Hall–Kier alpha value is -2.08. The van der Waals surface area contributed by atoms with Crippen LogP contribution in [0.25, 0.3) is 0 Å². The standard InChI is InChI=1S/C19H26N2O4/c1-3-24-13(2)19(23)21-10-5-4-6-16(21)18(22)20-15-7-8-17-14(12-15)9-11-25-17/h7-8,12-13,16H,3-6,9-11H2,1-2H3,(H,20,22). The van der Waals surface area contributed by atoms with Crippen LogP contribution in [0.2, 0.25) is 0 Å². The normalized spacial score (nSPS) is 20.6. The highest BCUT2D eigenvalue weighted by Gasteiger charge is 2.34. The maximum absolute atomic E-state index is 12.8. The summed E-state index contributed by atoms with van der Waals surface area (Å²) in [5, 5.41) is 2.97. The number of hydrogen-bond donors (Lipinski definition) is 1. The van der Waals surface area contributed by atoms with E-state index in [9.17, 15) is 9.59 Å². The van der Waals surface area contributed by atoms with Crippen molar-refractivity contribution >= 4 is 17.5 Å². The average Bonchev–Trinajstić information content (AvgIpc) is 3.09. The van der Waals surface area contributed by atoms with E-state index in [1.165, 1.54) is 0 Å². The number of benzene rings is 1. The number of carbonyl (C=O) groups is 2. The molecular formula is C19H26N2O4. The highest BCUT2D eigenvalue weighted by atomic mass is 16.5. The molecule has 6 heteroatoms. The molecular weight excluding hydrogens is 320 g/mol. The van der Waals surface area contributed by atoms with Gasteiger partial charge in [-0.15, -0.1) is 0 Å². The Labute approximate surface area is 148 Å². The van der Waals surface area contributed by atoms with Crippen LogP contribution >= 0.6 is 0 Å². The maximum Gasteiger partial charge on any atom is 0.252 e. The molecule has 1 saturated heterocycles. The fraction of sp³-hybridized carbons (Fsp3) is 0.579. The summed E-state index contributed by atoms with van der Waals surface area (Å²) in [6.07, 6.45) is 2.90. The topological polar surface area (TPSA) is 67.9 Å². The first-order valence-electron chi connectivity index (χ1n) is 9.09. The summed E-state index contributed by atoms with van der Waals surface area (Å²) in [5.74, 6) is 0.651. The van der Waals surface area contributed by atoms with Gasteiger partial charge in [0.25, 0.3) is 5.91 Å². The molecule has 1 aromatic carbocycles. The number of piperidine rings is 1. The van der Waals surface area contributed by atoms with Crippen molar-refractivity contribution in [2.24, 2.45) is 0 Å². The van der Waals surface area contributed by atoms with Crippen LogP contribution < -0.4 is 10.1 Å². The Bertz CT molecular complexity index is 646. The molecule has 1 N–H and O–H groups in total. The minimum absolute atomic E-state index is 0.107. The third kappa shape index (κ3) is 3.95. The molecule has 0 radical (unpaired) electrons. The van der Waals surface area contributed by atoms with E-state index in [0.717, 1.165) is 36.3 Å². The summed E-state index contributed by atoms with van der Waals surface area (Å²) < 4.78 is 10.9. The monoisotopic (exact) mass is 346 g/mol. The summed E-state index contributed by atoms with van der Waals surface area (Å²) in [4.78, 5) is 27.1. The van der Waals surface area contributed by atoms with Crippen molar-refractivity contribution in [3.63, 3.8) is 0 Å². The van der Waals surface area contributed by atoms with Crippen LogP contribution in [0, 0.1) is 0 Å². The Morgan fingerprint density at radius 1 is 1.40 bits per heavy atom. The van der Waals surface area contributed by atoms with E-state index in [0.29, 0.717) is 26.2 Å². The van der Waals surface area contributed by atoms with E-state index in [2.05, 4.69) is 5.32 Å². The molecule has 0 aromatic heterocycles. The first kappa shape index (κ1) is 17.7. The van der Waals surface area contributed by atoms with Gasteiger partial charge in [0.05, 0.1) is 6.61 Å². The molecule has 2 atom stereocenters. The number of fused-ring (bicyclic) bond motifs is 1. The maximum atomic E-state index is 12.8. The lowest BCUT2D eigenvalue weighted by Gasteiger charge is -2.36. The molecule has 6 nitrogen and oxygen atoms in total. The predicted octanol–water partition coefficient (Wildman–Crippen LogP) is 2.37. The smallest absolute Gasteiger partial charge is 0.252 e. The molecule has 2 heterocycles. The third-order valence-electron chi connectivity index (χ3n) is 4.81. The quantitative estimate of drug-likeness (QED) is 0.889. The number of nitrogens with zero attached hydrogens (tertiary/aromatic N) is 1.